The van der Waals surface area contributed by atoms with E-state index in [-0.39, 0.29) is 0 Å². The van der Waals surface area contributed by atoms with Crippen molar-refractivity contribution in [1.29, 1.82) is 0 Å². The fraction of sp³-hybridized carbons (Fsp3) is 0.0400. The van der Waals surface area contributed by atoms with Gasteiger partial charge in [0.15, 0.2) is 0 Å². The molecule has 29 heavy (non-hydrogen) atoms. The molecule has 0 N–H and O–H groups in total. The fourth-order valence-corrected chi connectivity index (χ4v) is 3.04. The topological polar surface area (TPSA) is 37.7 Å². The smallest absolute Gasteiger partial charge is 0.119 e. The second kappa shape index (κ2) is 8.85. The van der Waals surface area contributed by atoms with E-state index in [1.165, 1.54) is 0 Å². The Hall–Kier alpha value is -3.92. The summed E-state index contributed by atoms with van der Waals surface area (Å²) in [5.41, 5.74) is 4.76. The van der Waals surface area contributed by atoms with Gasteiger partial charge in [-0.3, -0.25) is 4.98 Å². The van der Waals surface area contributed by atoms with Crippen molar-refractivity contribution in [3.63, 3.8) is 0 Å². The average Bonchev–Trinajstić information content (AvgIpc) is 2.82. The summed E-state index contributed by atoms with van der Waals surface area (Å²) in [6, 6.07) is 32.1. The van der Waals surface area contributed by atoms with E-state index in [9.17, 15) is 0 Å². The highest BCUT2D eigenvalue weighted by Gasteiger charge is 2.13. The van der Waals surface area contributed by atoms with Gasteiger partial charge in [-0.05, 0) is 36.4 Å². The van der Waals surface area contributed by atoms with Gasteiger partial charge in [0.2, 0.25) is 0 Å². The van der Waals surface area contributed by atoms with E-state index in [2.05, 4.69) is 29.2 Å². The van der Waals surface area contributed by atoms with Crippen molar-refractivity contribution < 1.29 is 4.74 Å². The number of hydrazone groups is 1. The van der Waals surface area contributed by atoms with E-state index in [1.54, 1.807) is 19.5 Å². The van der Waals surface area contributed by atoms with Crippen molar-refractivity contribution in [3.8, 4) is 5.75 Å². The van der Waals surface area contributed by atoms with Crippen molar-refractivity contribution in [3.05, 3.63) is 121 Å². The van der Waals surface area contributed by atoms with Crippen molar-refractivity contribution in [1.82, 2.24) is 4.98 Å². The summed E-state index contributed by atoms with van der Waals surface area (Å²) in [4.78, 5) is 4.28. The highest BCUT2D eigenvalue weighted by atomic mass is 16.5. The molecule has 0 aliphatic rings. The molecule has 0 bridgehead atoms. The van der Waals surface area contributed by atoms with Gasteiger partial charge in [0.1, 0.15) is 5.75 Å². The number of benzene rings is 3. The molecule has 0 radical (unpaired) electrons. The number of methoxy groups -OCH3 is 1. The van der Waals surface area contributed by atoms with Crippen LogP contribution in [0.3, 0.4) is 0 Å². The normalized spacial score (nSPS) is 10.2. The Bertz CT molecular complexity index is 1020. The molecule has 0 amide bonds. The van der Waals surface area contributed by atoms with Gasteiger partial charge in [-0.15, -0.1) is 0 Å². The standard InChI is InChI=1S/C25H21N3O/c1-29-24-16-14-22(15-17-24)28(23-13-8-18-26-19-23)27-25(20-9-4-2-5-10-20)21-11-6-3-7-12-21/h2-19H,1H3. The van der Waals surface area contributed by atoms with Crippen LogP contribution in [0.4, 0.5) is 11.4 Å². The highest BCUT2D eigenvalue weighted by molar-refractivity contribution is 6.13. The minimum Gasteiger partial charge on any atom is -0.497 e. The number of nitrogens with zero attached hydrogens (tertiary/aromatic N) is 3. The quantitative estimate of drug-likeness (QED) is 0.319. The molecule has 4 aromatic rings. The molecule has 0 saturated carbocycles. The largest absolute Gasteiger partial charge is 0.497 e. The number of rotatable bonds is 6. The first-order valence-electron chi connectivity index (χ1n) is 9.39. The second-order valence-corrected chi connectivity index (χ2v) is 6.40. The molecule has 3 aromatic carbocycles. The van der Waals surface area contributed by atoms with Crippen LogP contribution >= 0.6 is 0 Å². The highest BCUT2D eigenvalue weighted by Crippen LogP contribution is 2.28. The Morgan fingerprint density at radius 1 is 0.724 bits per heavy atom. The van der Waals surface area contributed by atoms with Gasteiger partial charge in [-0.2, -0.15) is 5.10 Å². The van der Waals surface area contributed by atoms with Crippen LogP contribution in [0.1, 0.15) is 11.1 Å². The van der Waals surface area contributed by atoms with Crippen LogP contribution in [-0.4, -0.2) is 17.8 Å². The van der Waals surface area contributed by atoms with Crippen LogP contribution in [0.25, 0.3) is 0 Å². The van der Waals surface area contributed by atoms with Gasteiger partial charge >= 0.3 is 0 Å². The first kappa shape index (κ1) is 18.4. The van der Waals surface area contributed by atoms with E-state index in [1.807, 2.05) is 77.8 Å². The lowest BCUT2D eigenvalue weighted by atomic mass is 10.0. The maximum Gasteiger partial charge on any atom is 0.119 e. The molecule has 0 spiro atoms. The van der Waals surface area contributed by atoms with E-state index >= 15 is 0 Å². The summed E-state index contributed by atoms with van der Waals surface area (Å²) in [6.07, 6.45) is 3.57. The van der Waals surface area contributed by atoms with Gasteiger partial charge < -0.3 is 4.74 Å². The Balaban J connectivity index is 1.88. The zero-order valence-electron chi connectivity index (χ0n) is 16.1. The summed E-state index contributed by atoms with van der Waals surface area (Å²) >= 11 is 0. The molecule has 0 unspecified atom stereocenters. The number of ether oxygens (including phenoxy) is 1. The molecular formula is C25H21N3O. The minimum atomic E-state index is 0.801. The molecule has 0 atom stereocenters. The molecule has 142 valence electrons. The molecule has 0 aliphatic carbocycles. The third kappa shape index (κ3) is 4.33. The average molecular weight is 379 g/mol. The predicted octanol–water partition coefficient (Wildman–Crippen LogP) is 5.68. The van der Waals surface area contributed by atoms with Crippen LogP contribution in [0.2, 0.25) is 0 Å². The molecule has 4 nitrogen and oxygen atoms in total. The van der Waals surface area contributed by atoms with Crippen LogP contribution in [-0.2, 0) is 0 Å². The summed E-state index contributed by atoms with van der Waals surface area (Å²) in [7, 11) is 1.66. The Morgan fingerprint density at radius 3 is 1.86 bits per heavy atom. The fourth-order valence-electron chi connectivity index (χ4n) is 3.04. The predicted molar refractivity (Wildman–Crippen MR) is 118 cm³/mol. The first-order chi connectivity index (χ1) is 14.3. The minimum absolute atomic E-state index is 0.801. The Morgan fingerprint density at radius 2 is 1.34 bits per heavy atom. The molecule has 0 aliphatic heterocycles. The molecule has 4 rings (SSSR count). The molecule has 1 aromatic heterocycles. The molecule has 0 saturated heterocycles. The van der Waals surface area contributed by atoms with Gasteiger partial charge in [-0.25, -0.2) is 5.01 Å². The lowest BCUT2D eigenvalue weighted by Gasteiger charge is -2.21. The Labute approximate surface area is 170 Å². The summed E-state index contributed by atoms with van der Waals surface area (Å²) in [6.45, 7) is 0. The van der Waals surface area contributed by atoms with Crippen molar-refractivity contribution in [2.45, 2.75) is 0 Å². The third-order valence-electron chi connectivity index (χ3n) is 4.50. The van der Waals surface area contributed by atoms with Crippen molar-refractivity contribution in [2.24, 2.45) is 5.10 Å². The number of aromatic nitrogens is 1. The molecule has 4 heteroatoms. The lowest BCUT2D eigenvalue weighted by Crippen LogP contribution is -2.15. The number of anilines is 2. The van der Waals surface area contributed by atoms with E-state index in [4.69, 9.17) is 9.84 Å². The molecular weight excluding hydrogens is 358 g/mol. The van der Waals surface area contributed by atoms with Gasteiger partial charge in [-0.1, -0.05) is 60.7 Å². The van der Waals surface area contributed by atoms with E-state index in [0.717, 1.165) is 34.0 Å². The van der Waals surface area contributed by atoms with Crippen LogP contribution in [0.15, 0.2) is 115 Å². The van der Waals surface area contributed by atoms with E-state index < -0.39 is 0 Å². The van der Waals surface area contributed by atoms with Crippen molar-refractivity contribution in [2.75, 3.05) is 12.1 Å². The van der Waals surface area contributed by atoms with Crippen LogP contribution < -0.4 is 9.75 Å². The van der Waals surface area contributed by atoms with Gasteiger partial charge in [0.25, 0.3) is 0 Å². The number of hydrogen-bond donors (Lipinski definition) is 0. The van der Waals surface area contributed by atoms with Crippen molar-refractivity contribution >= 4 is 17.1 Å². The number of hydrogen-bond acceptors (Lipinski definition) is 4. The maximum absolute atomic E-state index is 5.31. The maximum atomic E-state index is 5.31. The zero-order chi connectivity index (χ0) is 19.9. The summed E-state index contributed by atoms with van der Waals surface area (Å²) in [5.74, 6) is 0.801. The van der Waals surface area contributed by atoms with E-state index in [0.29, 0.717) is 0 Å². The van der Waals surface area contributed by atoms with Crippen LogP contribution in [0.5, 0.6) is 5.75 Å². The summed E-state index contributed by atoms with van der Waals surface area (Å²) < 4.78 is 5.31. The lowest BCUT2D eigenvalue weighted by molar-refractivity contribution is 0.415. The summed E-state index contributed by atoms with van der Waals surface area (Å²) in [5, 5.41) is 6.99. The molecule has 0 fully saturated rings. The van der Waals surface area contributed by atoms with Gasteiger partial charge in [0, 0.05) is 17.3 Å². The third-order valence-corrected chi connectivity index (χ3v) is 4.50. The first-order valence-corrected chi connectivity index (χ1v) is 9.39. The van der Waals surface area contributed by atoms with Crippen LogP contribution in [0, 0.1) is 0 Å². The SMILES string of the molecule is COc1ccc(N(N=C(c2ccccc2)c2ccccc2)c2cccnc2)cc1. The van der Waals surface area contributed by atoms with Gasteiger partial charge in [0.05, 0.1) is 30.4 Å². The zero-order valence-corrected chi connectivity index (χ0v) is 16.1. The second-order valence-electron chi connectivity index (χ2n) is 6.40. The molecule has 1 heterocycles. The Kier molecular flexibility index (Phi) is 5.63. The monoisotopic (exact) mass is 379 g/mol. The number of pyridine rings is 1.